The molecule has 0 aliphatic carbocycles. The molecule has 3 aromatic rings. The van der Waals surface area contributed by atoms with Crippen molar-refractivity contribution >= 4 is 17.6 Å². The molecule has 8 heteroatoms. The van der Waals surface area contributed by atoms with E-state index in [1.165, 1.54) is 0 Å². The molecule has 1 saturated heterocycles. The molecular formula is C25H28N6O2. The van der Waals surface area contributed by atoms with Crippen molar-refractivity contribution in [2.45, 2.75) is 45.1 Å². The van der Waals surface area contributed by atoms with Crippen LogP contribution in [0.5, 0.6) is 0 Å². The highest BCUT2D eigenvalue weighted by Gasteiger charge is 2.30. The summed E-state index contributed by atoms with van der Waals surface area (Å²) in [6.45, 7) is 3.99. The van der Waals surface area contributed by atoms with Gasteiger partial charge in [0.05, 0.1) is 6.54 Å². The Morgan fingerprint density at radius 2 is 1.97 bits per heavy atom. The summed E-state index contributed by atoms with van der Waals surface area (Å²) < 4.78 is 1.86. The van der Waals surface area contributed by atoms with E-state index in [0.29, 0.717) is 31.5 Å². The second-order valence-corrected chi connectivity index (χ2v) is 8.91. The number of piperidine rings is 1. The molecule has 1 unspecified atom stereocenters. The highest BCUT2D eigenvalue weighted by molar-refractivity contribution is 5.95. The Hall–Kier alpha value is -3.55. The number of fused-ring (bicyclic) bond motifs is 1. The van der Waals surface area contributed by atoms with Crippen molar-refractivity contribution in [3.05, 3.63) is 70.9 Å². The molecule has 0 N–H and O–H groups in total. The van der Waals surface area contributed by atoms with Crippen molar-refractivity contribution in [3.8, 4) is 0 Å². The standard InChI is InChI=1S/C25H28N6O2/c1-17-21-10-11-22(32)29(2)24(21)28-23(27-17)20-5-3-13-30(16-20)25(33)19-8-6-18(7-9-19)15-31-14-4-12-26-31/h4,6-9,12,14,20H,3,5,10-11,13,15-16H2,1-2H3. The van der Waals surface area contributed by atoms with Crippen molar-refractivity contribution in [1.29, 1.82) is 0 Å². The Morgan fingerprint density at radius 3 is 2.73 bits per heavy atom. The third-order valence-electron chi connectivity index (χ3n) is 6.67. The number of nitrogens with zero attached hydrogens (tertiary/aromatic N) is 6. The van der Waals surface area contributed by atoms with Crippen LogP contribution in [0.15, 0.2) is 42.7 Å². The van der Waals surface area contributed by atoms with Crippen LogP contribution in [0.3, 0.4) is 0 Å². The molecule has 0 spiro atoms. The van der Waals surface area contributed by atoms with Gasteiger partial charge in [-0.15, -0.1) is 0 Å². The summed E-state index contributed by atoms with van der Waals surface area (Å²) in [5.41, 5.74) is 3.78. The van der Waals surface area contributed by atoms with Crippen molar-refractivity contribution in [2.24, 2.45) is 0 Å². The third-order valence-corrected chi connectivity index (χ3v) is 6.67. The smallest absolute Gasteiger partial charge is 0.253 e. The summed E-state index contributed by atoms with van der Waals surface area (Å²) in [4.78, 5) is 38.5. The molecule has 1 fully saturated rings. The van der Waals surface area contributed by atoms with Crippen LogP contribution in [0.2, 0.25) is 0 Å². The molecule has 170 valence electrons. The number of carbonyl (C=O) groups excluding carboxylic acids is 2. The van der Waals surface area contributed by atoms with E-state index in [4.69, 9.17) is 9.97 Å². The number of anilines is 1. The van der Waals surface area contributed by atoms with Crippen molar-refractivity contribution in [2.75, 3.05) is 25.0 Å². The van der Waals surface area contributed by atoms with Crippen LogP contribution in [0.1, 0.15) is 58.2 Å². The normalized spacial score (nSPS) is 18.4. The van der Waals surface area contributed by atoms with Gasteiger partial charge < -0.3 is 4.90 Å². The molecule has 0 bridgehead atoms. The van der Waals surface area contributed by atoms with Gasteiger partial charge in [-0.05, 0) is 49.9 Å². The van der Waals surface area contributed by atoms with E-state index in [0.717, 1.165) is 47.8 Å². The lowest BCUT2D eigenvalue weighted by Gasteiger charge is -2.33. The van der Waals surface area contributed by atoms with Gasteiger partial charge in [0.2, 0.25) is 5.91 Å². The highest BCUT2D eigenvalue weighted by atomic mass is 16.2. The fraction of sp³-hybridized carbons (Fsp3) is 0.400. The van der Waals surface area contributed by atoms with Crippen LogP contribution in [-0.4, -0.2) is 56.6 Å². The molecule has 2 aromatic heterocycles. The Balaban J connectivity index is 1.31. The van der Waals surface area contributed by atoms with Crippen molar-refractivity contribution in [3.63, 3.8) is 0 Å². The molecule has 4 heterocycles. The fourth-order valence-electron chi connectivity index (χ4n) is 4.76. The van der Waals surface area contributed by atoms with Crippen LogP contribution in [0, 0.1) is 6.92 Å². The first-order valence-corrected chi connectivity index (χ1v) is 11.5. The summed E-state index contributed by atoms with van der Waals surface area (Å²) in [7, 11) is 1.78. The Labute approximate surface area is 193 Å². The minimum atomic E-state index is 0.0346. The monoisotopic (exact) mass is 444 g/mol. The van der Waals surface area contributed by atoms with Gasteiger partial charge in [0.1, 0.15) is 11.6 Å². The summed E-state index contributed by atoms with van der Waals surface area (Å²) in [6.07, 6.45) is 6.71. The number of amides is 2. The molecular weight excluding hydrogens is 416 g/mol. The molecule has 33 heavy (non-hydrogen) atoms. The van der Waals surface area contributed by atoms with Gasteiger partial charge in [0.15, 0.2) is 0 Å². The molecule has 5 rings (SSSR count). The predicted octanol–water partition coefficient (Wildman–Crippen LogP) is 2.96. The lowest BCUT2D eigenvalue weighted by atomic mass is 9.95. The minimum absolute atomic E-state index is 0.0346. The maximum Gasteiger partial charge on any atom is 0.253 e. The number of carbonyl (C=O) groups is 2. The SMILES string of the molecule is Cc1nc(C2CCCN(C(=O)c3ccc(Cn4cccn4)cc3)C2)nc2c1CCC(=O)N2C. The largest absolute Gasteiger partial charge is 0.338 e. The van der Waals surface area contributed by atoms with Crippen LogP contribution >= 0.6 is 0 Å². The molecule has 8 nitrogen and oxygen atoms in total. The lowest BCUT2D eigenvalue weighted by Crippen LogP contribution is -2.40. The molecule has 0 saturated carbocycles. The maximum atomic E-state index is 13.2. The Bertz CT molecular complexity index is 1170. The quantitative estimate of drug-likeness (QED) is 0.618. The van der Waals surface area contributed by atoms with E-state index in [-0.39, 0.29) is 17.7 Å². The summed E-state index contributed by atoms with van der Waals surface area (Å²) in [5.74, 6) is 1.65. The number of aromatic nitrogens is 4. The predicted molar refractivity (Wildman–Crippen MR) is 124 cm³/mol. The van der Waals surface area contributed by atoms with E-state index in [2.05, 4.69) is 5.10 Å². The first kappa shape index (κ1) is 21.3. The molecule has 0 radical (unpaired) electrons. The molecule has 2 aliphatic rings. The summed E-state index contributed by atoms with van der Waals surface area (Å²) >= 11 is 0. The number of aryl methyl sites for hydroxylation is 1. The topological polar surface area (TPSA) is 84.2 Å². The average Bonchev–Trinajstić information content (AvgIpc) is 3.35. The number of hydrogen-bond acceptors (Lipinski definition) is 5. The van der Waals surface area contributed by atoms with E-state index in [9.17, 15) is 9.59 Å². The number of benzene rings is 1. The minimum Gasteiger partial charge on any atom is -0.338 e. The zero-order valence-electron chi connectivity index (χ0n) is 19.1. The number of hydrogen-bond donors (Lipinski definition) is 0. The highest BCUT2D eigenvalue weighted by Crippen LogP contribution is 2.31. The second kappa shape index (κ2) is 8.77. The lowest BCUT2D eigenvalue weighted by molar-refractivity contribution is -0.118. The molecule has 1 aromatic carbocycles. The van der Waals surface area contributed by atoms with Gasteiger partial charge in [0, 0.05) is 61.7 Å². The van der Waals surface area contributed by atoms with Crippen LogP contribution < -0.4 is 4.90 Å². The van der Waals surface area contributed by atoms with Gasteiger partial charge in [-0.25, -0.2) is 9.97 Å². The zero-order valence-corrected chi connectivity index (χ0v) is 19.1. The van der Waals surface area contributed by atoms with Gasteiger partial charge >= 0.3 is 0 Å². The van der Waals surface area contributed by atoms with Crippen molar-refractivity contribution < 1.29 is 9.59 Å². The van der Waals surface area contributed by atoms with E-state index in [1.807, 2.05) is 53.0 Å². The van der Waals surface area contributed by atoms with Crippen LogP contribution in [-0.2, 0) is 17.8 Å². The average molecular weight is 445 g/mol. The Morgan fingerprint density at radius 1 is 1.15 bits per heavy atom. The fourth-order valence-corrected chi connectivity index (χ4v) is 4.76. The maximum absolute atomic E-state index is 13.2. The van der Waals surface area contributed by atoms with Gasteiger partial charge in [0.25, 0.3) is 5.91 Å². The number of rotatable bonds is 4. The first-order valence-electron chi connectivity index (χ1n) is 11.5. The van der Waals surface area contributed by atoms with Gasteiger partial charge in [-0.1, -0.05) is 12.1 Å². The summed E-state index contributed by atoms with van der Waals surface area (Å²) in [6, 6.07) is 9.66. The van der Waals surface area contributed by atoms with Crippen molar-refractivity contribution in [1.82, 2.24) is 24.6 Å². The van der Waals surface area contributed by atoms with Crippen LogP contribution in [0.4, 0.5) is 5.82 Å². The van der Waals surface area contributed by atoms with E-state index >= 15 is 0 Å². The van der Waals surface area contributed by atoms with Gasteiger partial charge in [-0.2, -0.15) is 5.10 Å². The molecule has 2 amide bonds. The molecule has 2 aliphatic heterocycles. The zero-order chi connectivity index (χ0) is 22.9. The Kier molecular flexibility index (Phi) is 5.66. The summed E-state index contributed by atoms with van der Waals surface area (Å²) in [5, 5.41) is 4.23. The van der Waals surface area contributed by atoms with Gasteiger partial charge in [-0.3, -0.25) is 19.2 Å². The molecule has 1 atom stereocenters. The first-order chi connectivity index (χ1) is 16.0. The third kappa shape index (κ3) is 4.25. The van der Waals surface area contributed by atoms with E-state index in [1.54, 1.807) is 18.1 Å². The number of likely N-dealkylation sites (tertiary alicyclic amines) is 1. The second-order valence-electron chi connectivity index (χ2n) is 8.91. The van der Waals surface area contributed by atoms with Crippen LogP contribution in [0.25, 0.3) is 0 Å². The van der Waals surface area contributed by atoms with E-state index < -0.39 is 0 Å².